The van der Waals surface area contributed by atoms with Crippen LogP contribution in [0.5, 0.6) is 5.75 Å². The number of benzene rings is 2. The lowest BCUT2D eigenvalue weighted by molar-refractivity contribution is -0.00360. The molecule has 226 valence electrons. The molecular weight excluding hydrogens is 548 g/mol. The molecule has 0 spiro atoms. The van der Waals surface area contributed by atoms with Crippen LogP contribution in [0.4, 0.5) is 4.79 Å². The number of nitrogens with one attached hydrogen (secondary N) is 1. The molecule has 41 heavy (non-hydrogen) atoms. The smallest absolute Gasteiger partial charge is 0.407 e. The van der Waals surface area contributed by atoms with Gasteiger partial charge in [0.15, 0.2) is 0 Å². The molecule has 5 atom stereocenters. The Kier molecular flexibility index (Phi) is 11.0. The maximum Gasteiger partial charge on any atom is 0.407 e. The summed E-state index contributed by atoms with van der Waals surface area (Å²) in [7, 11) is -2.43. The summed E-state index contributed by atoms with van der Waals surface area (Å²) >= 11 is 0. The molecule has 2 N–H and O–H groups in total. The summed E-state index contributed by atoms with van der Waals surface area (Å²) in [5.41, 5.74) is 0.883. The van der Waals surface area contributed by atoms with Crippen molar-refractivity contribution >= 4 is 16.1 Å². The number of hydrogen-bond donors (Lipinski definition) is 2. The maximum absolute atomic E-state index is 13.6. The molecular formula is C30H42N2O8S. The number of amides is 1. The fourth-order valence-electron chi connectivity index (χ4n) is 5.35. The predicted molar refractivity (Wildman–Crippen MR) is 153 cm³/mol. The molecule has 2 saturated heterocycles. The van der Waals surface area contributed by atoms with E-state index in [-0.39, 0.29) is 49.0 Å². The highest BCUT2D eigenvalue weighted by molar-refractivity contribution is 7.89. The second kappa shape index (κ2) is 14.5. The van der Waals surface area contributed by atoms with Crippen molar-refractivity contribution in [2.24, 2.45) is 11.8 Å². The van der Waals surface area contributed by atoms with Crippen LogP contribution in [0, 0.1) is 11.8 Å². The topological polar surface area (TPSA) is 124 Å². The number of sulfonamides is 1. The molecule has 0 radical (unpaired) electrons. The Morgan fingerprint density at radius 3 is 2.51 bits per heavy atom. The van der Waals surface area contributed by atoms with Crippen molar-refractivity contribution < 1.29 is 37.3 Å². The molecule has 1 amide bonds. The van der Waals surface area contributed by atoms with Gasteiger partial charge >= 0.3 is 6.09 Å². The van der Waals surface area contributed by atoms with Gasteiger partial charge in [-0.2, -0.15) is 4.31 Å². The quantitative estimate of drug-likeness (QED) is 0.386. The number of ether oxygens (including phenoxy) is 4. The molecule has 2 fully saturated rings. The van der Waals surface area contributed by atoms with Gasteiger partial charge in [0.25, 0.3) is 0 Å². The molecule has 11 heteroatoms. The van der Waals surface area contributed by atoms with Crippen LogP contribution >= 0.6 is 0 Å². The van der Waals surface area contributed by atoms with E-state index in [0.29, 0.717) is 25.4 Å². The number of fused-ring (bicyclic) bond motifs is 1. The molecule has 0 aromatic heterocycles. The van der Waals surface area contributed by atoms with E-state index in [0.717, 1.165) is 12.0 Å². The van der Waals surface area contributed by atoms with Crippen molar-refractivity contribution in [3.63, 3.8) is 0 Å². The summed E-state index contributed by atoms with van der Waals surface area (Å²) < 4.78 is 50.8. The lowest BCUT2D eigenvalue weighted by Gasteiger charge is -2.31. The lowest BCUT2D eigenvalue weighted by atomic mass is 9.96. The fourth-order valence-corrected chi connectivity index (χ4v) is 6.97. The van der Waals surface area contributed by atoms with E-state index < -0.39 is 34.4 Å². The van der Waals surface area contributed by atoms with E-state index >= 15 is 0 Å². The molecule has 2 heterocycles. The van der Waals surface area contributed by atoms with Crippen LogP contribution in [0.15, 0.2) is 59.5 Å². The summed E-state index contributed by atoms with van der Waals surface area (Å²) in [4.78, 5) is 13.2. The number of alkyl carbamates (subject to hydrolysis) is 1. The van der Waals surface area contributed by atoms with Crippen LogP contribution in [0.2, 0.25) is 0 Å². The fraction of sp³-hybridized carbons (Fsp3) is 0.567. The van der Waals surface area contributed by atoms with Crippen molar-refractivity contribution in [2.45, 2.75) is 62.4 Å². The van der Waals surface area contributed by atoms with E-state index in [1.54, 1.807) is 12.1 Å². The molecule has 0 saturated carbocycles. The van der Waals surface area contributed by atoms with E-state index in [9.17, 15) is 18.3 Å². The third-order valence-corrected chi connectivity index (χ3v) is 9.34. The van der Waals surface area contributed by atoms with Gasteiger partial charge in [0, 0.05) is 19.7 Å². The molecule has 2 aliphatic rings. The monoisotopic (exact) mass is 590 g/mol. The minimum Gasteiger partial charge on any atom is -0.497 e. The number of carbonyl (C=O) groups is 1. The molecule has 0 aliphatic carbocycles. The van der Waals surface area contributed by atoms with Crippen molar-refractivity contribution in [3.8, 4) is 5.75 Å². The minimum atomic E-state index is -3.94. The molecule has 2 aromatic carbocycles. The van der Waals surface area contributed by atoms with Crippen molar-refractivity contribution in [1.82, 2.24) is 9.62 Å². The van der Waals surface area contributed by atoms with Crippen molar-refractivity contribution in [2.75, 3.05) is 40.0 Å². The summed E-state index contributed by atoms with van der Waals surface area (Å²) in [6.45, 7) is 5.24. The largest absolute Gasteiger partial charge is 0.497 e. The Morgan fingerprint density at radius 1 is 1.10 bits per heavy atom. The Labute approximate surface area is 243 Å². The van der Waals surface area contributed by atoms with Gasteiger partial charge < -0.3 is 29.4 Å². The summed E-state index contributed by atoms with van der Waals surface area (Å²) in [5.74, 6) is 0.813. The maximum atomic E-state index is 13.6. The molecule has 0 bridgehead atoms. The van der Waals surface area contributed by atoms with Gasteiger partial charge in [-0.1, -0.05) is 44.2 Å². The van der Waals surface area contributed by atoms with Crippen molar-refractivity contribution in [1.29, 1.82) is 0 Å². The number of methoxy groups -OCH3 is 1. The standard InChI is InChI=1S/C30H42N2O8S/c1-21(2)17-32(41(35,36)26-11-9-24(37-3)10-12-26)18-28(33)27(15-22-7-5-4-6-8-22)31-30(34)40-25-16-23-13-14-39-29(23)20-38-19-25/h4-12,21,23,25,27-29,33H,13-20H2,1-3H3,(H,31,34)/t23?,25?,27-,28+,29?/m1/s1. The first-order valence-corrected chi connectivity index (χ1v) is 15.6. The highest BCUT2D eigenvalue weighted by Gasteiger charge is 2.36. The molecule has 10 nitrogen and oxygen atoms in total. The summed E-state index contributed by atoms with van der Waals surface area (Å²) in [6, 6.07) is 14.8. The van der Waals surface area contributed by atoms with Crippen LogP contribution in [0.3, 0.4) is 0 Å². The number of hydrogen-bond acceptors (Lipinski definition) is 8. The highest BCUT2D eigenvalue weighted by Crippen LogP contribution is 2.29. The van der Waals surface area contributed by atoms with Gasteiger partial charge in [0.1, 0.15) is 11.9 Å². The van der Waals surface area contributed by atoms with Gasteiger partial charge in [0.05, 0.1) is 43.5 Å². The van der Waals surface area contributed by atoms with Gasteiger partial charge in [-0.05, 0) is 60.9 Å². The molecule has 4 rings (SSSR count). The van der Waals surface area contributed by atoms with E-state index in [1.165, 1.54) is 23.5 Å². The lowest BCUT2D eigenvalue weighted by Crippen LogP contribution is -2.51. The SMILES string of the molecule is COc1ccc(S(=O)(=O)N(CC(C)C)C[C@H](O)[C@@H](Cc2ccccc2)NC(=O)OC2COCC3OCCC3C2)cc1. The predicted octanol–water partition coefficient (Wildman–Crippen LogP) is 3.23. The average molecular weight is 591 g/mol. The van der Waals surface area contributed by atoms with E-state index in [2.05, 4.69) is 5.32 Å². The second-order valence-electron chi connectivity index (χ2n) is 11.2. The third kappa shape index (κ3) is 8.65. The van der Waals surface area contributed by atoms with Gasteiger partial charge in [-0.25, -0.2) is 13.2 Å². The number of aliphatic hydroxyl groups is 1. The Morgan fingerprint density at radius 2 is 1.83 bits per heavy atom. The highest BCUT2D eigenvalue weighted by atomic mass is 32.2. The first-order valence-electron chi connectivity index (χ1n) is 14.2. The Hall–Kier alpha value is -2.70. The first kappa shape index (κ1) is 31.2. The van der Waals surface area contributed by atoms with Crippen LogP contribution < -0.4 is 10.1 Å². The first-order chi connectivity index (χ1) is 19.7. The van der Waals surface area contributed by atoms with E-state index in [4.69, 9.17) is 18.9 Å². The molecule has 2 aliphatic heterocycles. The Bertz CT molecular complexity index is 1210. The number of aliphatic hydroxyl groups excluding tert-OH is 1. The minimum absolute atomic E-state index is 0.000601. The normalized spacial score (nSPS) is 22.5. The zero-order valence-corrected chi connectivity index (χ0v) is 24.8. The van der Waals surface area contributed by atoms with Crippen molar-refractivity contribution in [3.05, 3.63) is 60.2 Å². The van der Waals surface area contributed by atoms with Gasteiger partial charge in [-0.3, -0.25) is 0 Å². The molecule has 3 unspecified atom stereocenters. The number of carbonyl (C=O) groups excluding carboxylic acids is 1. The number of nitrogens with zero attached hydrogens (tertiary/aromatic N) is 1. The molecule has 2 aromatic rings. The van der Waals surface area contributed by atoms with Gasteiger partial charge in [0.2, 0.25) is 10.0 Å². The van der Waals surface area contributed by atoms with Crippen LogP contribution in [-0.2, 0) is 30.7 Å². The van der Waals surface area contributed by atoms with Crippen LogP contribution in [0.25, 0.3) is 0 Å². The van der Waals surface area contributed by atoms with E-state index in [1.807, 2.05) is 44.2 Å². The average Bonchev–Trinajstić information content (AvgIpc) is 3.30. The number of rotatable bonds is 12. The zero-order valence-electron chi connectivity index (χ0n) is 24.0. The second-order valence-corrected chi connectivity index (χ2v) is 13.1. The third-order valence-electron chi connectivity index (χ3n) is 7.49. The van der Waals surface area contributed by atoms with Crippen LogP contribution in [-0.4, -0.2) is 88.3 Å². The summed E-state index contributed by atoms with van der Waals surface area (Å²) in [6.07, 6.45) is -0.467. The summed E-state index contributed by atoms with van der Waals surface area (Å²) in [5, 5.41) is 14.3. The van der Waals surface area contributed by atoms with Gasteiger partial charge in [-0.15, -0.1) is 0 Å². The Balaban J connectivity index is 1.49. The van der Waals surface area contributed by atoms with Crippen LogP contribution in [0.1, 0.15) is 32.3 Å². The zero-order chi connectivity index (χ0) is 29.4.